The van der Waals surface area contributed by atoms with Crippen LogP contribution in [0.4, 0.5) is 0 Å². The molecule has 138 valence electrons. The topological polar surface area (TPSA) is 59.5 Å². The molecule has 2 heterocycles. The van der Waals surface area contributed by atoms with Crippen LogP contribution in [-0.2, 0) is 9.53 Å². The molecule has 2 aromatic rings. The molecular weight excluding hydrogens is 372 g/mol. The van der Waals surface area contributed by atoms with Gasteiger partial charge in [0.1, 0.15) is 5.01 Å². The van der Waals surface area contributed by atoms with Gasteiger partial charge in [-0.1, -0.05) is 37.6 Å². The SMILES string of the molecule is CC1CC(C)CN(C(=O)COC(=O)c2csc(-c3ccc(Cl)cc3)n2)C1. The molecule has 0 bridgehead atoms. The van der Waals surface area contributed by atoms with E-state index in [-0.39, 0.29) is 18.2 Å². The summed E-state index contributed by atoms with van der Waals surface area (Å²) in [4.78, 5) is 30.6. The number of hydrogen-bond donors (Lipinski definition) is 0. The summed E-state index contributed by atoms with van der Waals surface area (Å²) >= 11 is 7.23. The smallest absolute Gasteiger partial charge is 0.358 e. The second kappa shape index (κ2) is 8.18. The third kappa shape index (κ3) is 4.62. The van der Waals surface area contributed by atoms with Crippen molar-refractivity contribution in [3.63, 3.8) is 0 Å². The monoisotopic (exact) mass is 392 g/mol. The van der Waals surface area contributed by atoms with E-state index >= 15 is 0 Å². The van der Waals surface area contributed by atoms with Gasteiger partial charge in [0.05, 0.1) is 0 Å². The summed E-state index contributed by atoms with van der Waals surface area (Å²) < 4.78 is 5.17. The molecule has 1 aliphatic rings. The van der Waals surface area contributed by atoms with Gasteiger partial charge in [0.15, 0.2) is 12.3 Å². The molecule has 0 aliphatic carbocycles. The van der Waals surface area contributed by atoms with E-state index in [4.69, 9.17) is 16.3 Å². The molecule has 2 unspecified atom stereocenters. The maximum absolute atomic E-state index is 12.3. The number of rotatable bonds is 4. The molecule has 1 aliphatic heterocycles. The Hall–Kier alpha value is -1.92. The Morgan fingerprint density at radius 3 is 2.54 bits per heavy atom. The Morgan fingerprint density at radius 2 is 1.88 bits per heavy atom. The van der Waals surface area contributed by atoms with Crippen molar-refractivity contribution in [2.24, 2.45) is 11.8 Å². The number of hydrogen-bond acceptors (Lipinski definition) is 5. The van der Waals surface area contributed by atoms with Gasteiger partial charge in [0.25, 0.3) is 5.91 Å². The molecule has 1 saturated heterocycles. The van der Waals surface area contributed by atoms with E-state index in [1.807, 2.05) is 12.1 Å². The standard InChI is InChI=1S/C19H21ClN2O3S/c1-12-7-13(2)9-22(8-12)17(23)10-25-19(24)16-11-26-18(21-16)14-3-5-15(20)6-4-14/h3-6,11-13H,7-10H2,1-2H3. The first kappa shape index (κ1) is 18.9. The molecule has 5 nitrogen and oxygen atoms in total. The minimum absolute atomic E-state index is 0.148. The Labute approximate surface area is 161 Å². The highest BCUT2D eigenvalue weighted by Crippen LogP contribution is 2.25. The van der Waals surface area contributed by atoms with Gasteiger partial charge in [-0.3, -0.25) is 4.79 Å². The van der Waals surface area contributed by atoms with Crippen molar-refractivity contribution in [2.45, 2.75) is 20.3 Å². The average molecular weight is 393 g/mol. The van der Waals surface area contributed by atoms with Gasteiger partial charge in [-0.25, -0.2) is 9.78 Å². The van der Waals surface area contributed by atoms with Crippen LogP contribution in [0, 0.1) is 11.8 Å². The molecule has 0 radical (unpaired) electrons. The first-order valence-electron chi connectivity index (χ1n) is 8.58. The lowest BCUT2D eigenvalue weighted by Crippen LogP contribution is -2.44. The zero-order valence-electron chi connectivity index (χ0n) is 14.8. The van der Waals surface area contributed by atoms with Crippen LogP contribution in [0.2, 0.25) is 5.02 Å². The quantitative estimate of drug-likeness (QED) is 0.734. The summed E-state index contributed by atoms with van der Waals surface area (Å²) in [5.41, 5.74) is 1.10. The van der Waals surface area contributed by atoms with Gasteiger partial charge in [-0.15, -0.1) is 11.3 Å². The fourth-order valence-electron chi connectivity index (χ4n) is 3.25. The predicted molar refractivity (Wildman–Crippen MR) is 102 cm³/mol. The number of aromatic nitrogens is 1. The lowest BCUT2D eigenvalue weighted by Gasteiger charge is -2.34. The molecule has 1 fully saturated rings. The number of esters is 1. The predicted octanol–water partition coefficient (Wildman–Crippen LogP) is 4.12. The number of benzene rings is 1. The van der Waals surface area contributed by atoms with E-state index < -0.39 is 5.97 Å². The highest BCUT2D eigenvalue weighted by molar-refractivity contribution is 7.13. The normalized spacial score (nSPS) is 20.0. The lowest BCUT2D eigenvalue weighted by molar-refractivity contribution is -0.137. The molecule has 3 rings (SSSR count). The number of halogens is 1. The highest BCUT2D eigenvalue weighted by atomic mass is 35.5. The Bertz CT molecular complexity index is 780. The van der Waals surface area contributed by atoms with Gasteiger partial charge in [-0.05, 0) is 30.4 Å². The van der Waals surface area contributed by atoms with Crippen LogP contribution < -0.4 is 0 Å². The zero-order valence-corrected chi connectivity index (χ0v) is 16.3. The Balaban J connectivity index is 1.57. The second-order valence-electron chi connectivity index (χ2n) is 6.87. The van der Waals surface area contributed by atoms with Crippen molar-refractivity contribution in [1.82, 2.24) is 9.88 Å². The number of carbonyl (C=O) groups is 2. The number of ether oxygens (including phenoxy) is 1. The van der Waals surface area contributed by atoms with Gasteiger partial charge < -0.3 is 9.64 Å². The van der Waals surface area contributed by atoms with Crippen molar-refractivity contribution >= 4 is 34.8 Å². The van der Waals surface area contributed by atoms with E-state index in [9.17, 15) is 9.59 Å². The maximum Gasteiger partial charge on any atom is 0.358 e. The van der Waals surface area contributed by atoms with Crippen LogP contribution in [0.1, 0.15) is 30.8 Å². The van der Waals surface area contributed by atoms with Crippen molar-refractivity contribution in [2.75, 3.05) is 19.7 Å². The van der Waals surface area contributed by atoms with Crippen molar-refractivity contribution in [3.8, 4) is 10.6 Å². The minimum Gasteiger partial charge on any atom is -0.451 e. The van der Waals surface area contributed by atoms with Crippen LogP contribution in [-0.4, -0.2) is 41.5 Å². The van der Waals surface area contributed by atoms with Crippen LogP contribution in [0.25, 0.3) is 10.6 Å². The molecule has 0 N–H and O–H groups in total. The summed E-state index contributed by atoms with van der Waals surface area (Å²) in [6, 6.07) is 7.24. The summed E-state index contributed by atoms with van der Waals surface area (Å²) in [6.07, 6.45) is 1.12. The van der Waals surface area contributed by atoms with Gasteiger partial charge in [0, 0.05) is 29.1 Å². The second-order valence-corrected chi connectivity index (χ2v) is 8.16. The van der Waals surface area contributed by atoms with E-state index in [0.717, 1.165) is 25.1 Å². The number of piperidine rings is 1. The molecule has 7 heteroatoms. The van der Waals surface area contributed by atoms with E-state index in [1.54, 1.807) is 22.4 Å². The van der Waals surface area contributed by atoms with Crippen LogP contribution >= 0.6 is 22.9 Å². The fourth-order valence-corrected chi connectivity index (χ4v) is 4.17. The molecule has 1 aromatic heterocycles. The third-order valence-electron chi connectivity index (χ3n) is 4.35. The molecule has 26 heavy (non-hydrogen) atoms. The molecule has 2 atom stereocenters. The van der Waals surface area contributed by atoms with E-state index in [0.29, 0.717) is 21.9 Å². The first-order valence-corrected chi connectivity index (χ1v) is 9.84. The highest BCUT2D eigenvalue weighted by Gasteiger charge is 2.26. The maximum atomic E-state index is 12.3. The molecule has 0 saturated carbocycles. The minimum atomic E-state index is -0.576. The molecule has 0 spiro atoms. The summed E-state index contributed by atoms with van der Waals surface area (Å²) in [5.74, 6) is 0.218. The molecule has 1 aromatic carbocycles. The Kier molecular flexibility index (Phi) is 5.94. The molecular formula is C19H21ClN2O3S. The van der Waals surface area contributed by atoms with Crippen LogP contribution in [0.5, 0.6) is 0 Å². The number of amides is 1. The summed E-state index contributed by atoms with van der Waals surface area (Å²) in [7, 11) is 0. The van der Waals surface area contributed by atoms with Crippen molar-refractivity contribution in [1.29, 1.82) is 0 Å². The Morgan fingerprint density at radius 1 is 1.23 bits per heavy atom. The third-order valence-corrected chi connectivity index (χ3v) is 5.50. The van der Waals surface area contributed by atoms with Gasteiger partial charge in [0.2, 0.25) is 0 Å². The average Bonchev–Trinajstić information content (AvgIpc) is 3.09. The number of carbonyl (C=O) groups excluding carboxylic acids is 2. The van der Waals surface area contributed by atoms with E-state index in [1.165, 1.54) is 11.3 Å². The number of likely N-dealkylation sites (tertiary alicyclic amines) is 1. The largest absolute Gasteiger partial charge is 0.451 e. The van der Waals surface area contributed by atoms with E-state index in [2.05, 4.69) is 18.8 Å². The fraction of sp³-hybridized carbons (Fsp3) is 0.421. The van der Waals surface area contributed by atoms with Crippen LogP contribution in [0.15, 0.2) is 29.6 Å². The van der Waals surface area contributed by atoms with Crippen molar-refractivity contribution in [3.05, 3.63) is 40.4 Å². The lowest BCUT2D eigenvalue weighted by atomic mass is 9.92. The summed E-state index contributed by atoms with van der Waals surface area (Å²) in [5, 5.41) is 2.99. The first-order chi connectivity index (χ1) is 12.4. The van der Waals surface area contributed by atoms with Gasteiger partial charge >= 0.3 is 5.97 Å². The van der Waals surface area contributed by atoms with Crippen molar-refractivity contribution < 1.29 is 14.3 Å². The molecule has 1 amide bonds. The summed E-state index contributed by atoms with van der Waals surface area (Å²) in [6.45, 7) is 5.47. The number of nitrogens with zero attached hydrogens (tertiary/aromatic N) is 2. The number of thiazole rings is 1. The zero-order chi connectivity index (χ0) is 18.7. The van der Waals surface area contributed by atoms with Crippen LogP contribution in [0.3, 0.4) is 0 Å². The van der Waals surface area contributed by atoms with Gasteiger partial charge in [-0.2, -0.15) is 0 Å².